The Morgan fingerprint density at radius 2 is 2.04 bits per heavy atom. The van der Waals surface area contributed by atoms with Crippen LogP contribution in [-0.4, -0.2) is 33.9 Å². The lowest BCUT2D eigenvalue weighted by molar-refractivity contribution is -0.125. The van der Waals surface area contributed by atoms with E-state index in [9.17, 15) is 4.79 Å². The molecule has 1 fully saturated rings. The van der Waals surface area contributed by atoms with Crippen LogP contribution in [0.25, 0.3) is 11.3 Å². The van der Waals surface area contributed by atoms with Crippen LogP contribution in [0.15, 0.2) is 67.3 Å². The molecule has 1 unspecified atom stereocenters. The Morgan fingerprint density at radius 1 is 1.14 bits per heavy atom. The summed E-state index contributed by atoms with van der Waals surface area (Å²) in [7, 11) is 0. The number of hydrogen-bond donors (Lipinski definition) is 1. The fraction of sp³-hybridized carbons (Fsp3) is 0.273. The lowest BCUT2D eigenvalue weighted by Crippen LogP contribution is -2.43. The van der Waals surface area contributed by atoms with Gasteiger partial charge in [-0.05, 0) is 24.5 Å². The van der Waals surface area contributed by atoms with Gasteiger partial charge >= 0.3 is 0 Å². The molecule has 6 nitrogen and oxygen atoms in total. The molecule has 28 heavy (non-hydrogen) atoms. The summed E-state index contributed by atoms with van der Waals surface area (Å²) < 4.78 is 0. The van der Waals surface area contributed by atoms with Crippen molar-refractivity contribution in [2.75, 3.05) is 18.0 Å². The summed E-state index contributed by atoms with van der Waals surface area (Å²) in [5.41, 5.74) is 2.97. The number of nitrogens with zero attached hydrogens (tertiary/aromatic N) is 4. The quantitative estimate of drug-likeness (QED) is 0.744. The standard InChI is InChI=1S/C22H23N5O/c28-22(24-14-17-6-4-10-23-13-17)19-9-5-11-27(15-19)21-12-20(25-16-26-21)18-7-2-1-3-8-18/h1-4,6-8,10,12-13,16,19H,5,9,11,14-15H2,(H,24,28). The molecule has 0 bridgehead atoms. The van der Waals surface area contributed by atoms with Gasteiger partial charge in [0, 0.05) is 43.7 Å². The maximum Gasteiger partial charge on any atom is 0.225 e. The molecular weight excluding hydrogens is 350 g/mol. The van der Waals surface area contributed by atoms with Crippen LogP contribution in [0.3, 0.4) is 0 Å². The van der Waals surface area contributed by atoms with Gasteiger partial charge in [-0.3, -0.25) is 9.78 Å². The van der Waals surface area contributed by atoms with Gasteiger partial charge in [0.1, 0.15) is 12.1 Å². The number of amides is 1. The third-order valence-corrected chi connectivity index (χ3v) is 5.03. The van der Waals surface area contributed by atoms with E-state index in [1.54, 1.807) is 18.7 Å². The first kappa shape index (κ1) is 18.1. The molecule has 3 aromatic rings. The largest absolute Gasteiger partial charge is 0.356 e. The molecule has 1 saturated heterocycles. The molecule has 2 aromatic heterocycles. The minimum atomic E-state index is -0.0411. The number of benzene rings is 1. The van der Waals surface area contributed by atoms with Crippen molar-refractivity contribution in [2.24, 2.45) is 5.92 Å². The van der Waals surface area contributed by atoms with Gasteiger partial charge in [0.05, 0.1) is 11.6 Å². The Balaban J connectivity index is 1.42. The second kappa shape index (κ2) is 8.61. The number of aromatic nitrogens is 3. The van der Waals surface area contributed by atoms with Gasteiger partial charge in [0.2, 0.25) is 5.91 Å². The fourth-order valence-corrected chi connectivity index (χ4v) is 3.52. The maximum atomic E-state index is 12.6. The summed E-state index contributed by atoms with van der Waals surface area (Å²) in [6.07, 6.45) is 6.97. The molecule has 1 amide bonds. The Labute approximate surface area is 164 Å². The van der Waals surface area contributed by atoms with Crippen LogP contribution in [0.5, 0.6) is 0 Å². The molecule has 1 atom stereocenters. The van der Waals surface area contributed by atoms with Crippen molar-refractivity contribution in [3.05, 3.63) is 72.8 Å². The van der Waals surface area contributed by atoms with Crippen LogP contribution in [0, 0.1) is 5.92 Å². The van der Waals surface area contributed by atoms with Crippen LogP contribution < -0.4 is 10.2 Å². The topological polar surface area (TPSA) is 71.0 Å². The van der Waals surface area contributed by atoms with E-state index >= 15 is 0 Å². The zero-order valence-corrected chi connectivity index (χ0v) is 15.7. The van der Waals surface area contributed by atoms with Crippen molar-refractivity contribution in [1.29, 1.82) is 0 Å². The van der Waals surface area contributed by atoms with Crippen molar-refractivity contribution in [3.8, 4) is 11.3 Å². The smallest absolute Gasteiger partial charge is 0.225 e. The van der Waals surface area contributed by atoms with E-state index in [-0.39, 0.29) is 11.8 Å². The van der Waals surface area contributed by atoms with Crippen LogP contribution >= 0.6 is 0 Å². The minimum absolute atomic E-state index is 0.0411. The fourth-order valence-electron chi connectivity index (χ4n) is 3.52. The zero-order chi connectivity index (χ0) is 19.2. The highest BCUT2D eigenvalue weighted by Crippen LogP contribution is 2.25. The predicted molar refractivity (Wildman–Crippen MR) is 108 cm³/mol. The molecule has 4 rings (SSSR count). The van der Waals surface area contributed by atoms with Crippen molar-refractivity contribution in [1.82, 2.24) is 20.3 Å². The van der Waals surface area contributed by atoms with Crippen LogP contribution in [0.2, 0.25) is 0 Å². The first-order valence-corrected chi connectivity index (χ1v) is 9.58. The molecule has 0 radical (unpaired) electrons. The number of pyridine rings is 1. The number of carbonyl (C=O) groups excluding carboxylic acids is 1. The Bertz CT molecular complexity index is 916. The lowest BCUT2D eigenvalue weighted by atomic mass is 9.97. The number of rotatable bonds is 5. The Morgan fingerprint density at radius 3 is 2.86 bits per heavy atom. The van der Waals surface area contributed by atoms with Gasteiger partial charge in [0.15, 0.2) is 0 Å². The van der Waals surface area contributed by atoms with Crippen molar-refractivity contribution >= 4 is 11.7 Å². The molecule has 1 aromatic carbocycles. The van der Waals surface area contributed by atoms with Crippen LogP contribution in [-0.2, 0) is 11.3 Å². The SMILES string of the molecule is O=C(NCc1cccnc1)C1CCCN(c2cc(-c3ccccc3)ncn2)C1. The van der Waals surface area contributed by atoms with Crippen molar-refractivity contribution < 1.29 is 4.79 Å². The van der Waals surface area contributed by atoms with Crippen molar-refractivity contribution in [3.63, 3.8) is 0 Å². The first-order valence-electron chi connectivity index (χ1n) is 9.58. The first-order chi connectivity index (χ1) is 13.8. The average Bonchev–Trinajstić information content (AvgIpc) is 2.79. The summed E-state index contributed by atoms with van der Waals surface area (Å²) in [6.45, 7) is 2.08. The summed E-state index contributed by atoms with van der Waals surface area (Å²) in [5, 5.41) is 3.04. The molecule has 1 N–H and O–H groups in total. The summed E-state index contributed by atoms with van der Waals surface area (Å²) in [4.78, 5) is 27.8. The zero-order valence-electron chi connectivity index (χ0n) is 15.7. The molecule has 3 heterocycles. The molecule has 1 aliphatic heterocycles. The molecule has 1 aliphatic rings. The van der Waals surface area contributed by atoms with Gasteiger partial charge in [-0.2, -0.15) is 0 Å². The number of anilines is 1. The highest BCUT2D eigenvalue weighted by Gasteiger charge is 2.26. The average molecular weight is 373 g/mol. The van der Waals surface area contributed by atoms with Crippen LogP contribution in [0.1, 0.15) is 18.4 Å². The van der Waals surface area contributed by atoms with E-state index < -0.39 is 0 Å². The molecule has 142 valence electrons. The van der Waals surface area contributed by atoms with E-state index in [0.29, 0.717) is 13.1 Å². The second-order valence-corrected chi connectivity index (χ2v) is 6.99. The summed E-state index contributed by atoms with van der Waals surface area (Å²) in [6, 6.07) is 15.9. The van der Waals surface area contributed by atoms with Gasteiger partial charge in [-0.25, -0.2) is 9.97 Å². The van der Waals surface area contributed by atoms with Crippen LogP contribution in [0.4, 0.5) is 5.82 Å². The van der Waals surface area contributed by atoms with Gasteiger partial charge in [-0.15, -0.1) is 0 Å². The van der Waals surface area contributed by atoms with E-state index in [4.69, 9.17) is 0 Å². The Hall–Kier alpha value is -3.28. The third kappa shape index (κ3) is 4.34. The predicted octanol–water partition coefficient (Wildman–Crippen LogP) is 3.07. The monoisotopic (exact) mass is 373 g/mol. The molecule has 6 heteroatoms. The highest BCUT2D eigenvalue weighted by molar-refractivity contribution is 5.79. The third-order valence-electron chi connectivity index (χ3n) is 5.03. The van der Waals surface area contributed by atoms with Gasteiger partial charge < -0.3 is 10.2 Å². The van der Waals surface area contributed by atoms with E-state index in [2.05, 4.69) is 25.2 Å². The number of hydrogen-bond acceptors (Lipinski definition) is 5. The molecule has 0 spiro atoms. The Kier molecular flexibility index (Phi) is 5.56. The minimum Gasteiger partial charge on any atom is -0.356 e. The molecule has 0 saturated carbocycles. The van der Waals surface area contributed by atoms with Gasteiger partial charge in [-0.1, -0.05) is 36.4 Å². The van der Waals surface area contributed by atoms with E-state index in [1.807, 2.05) is 48.5 Å². The lowest BCUT2D eigenvalue weighted by Gasteiger charge is -2.33. The van der Waals surface area contributed by atoms with E-state index in [1.165, 1.54) is 0 Å². The van der Waals surface area contributed by atoms with Crippen molar-refractivity contribution in [2.45, 2.75) is 19.4 Å². The maximum absolute atomic E-state index is 12.6. The number of nitrogens with one attached hydrogen (secondary N) is 1. The van der Waals surface area contributed by atoms with Gasteiger partial charge in [0.25, 0.3) is 0 Å². The second-order valence-electron chi connectivity index (χ2n) is 6.99. The normalized spacial score (nSPS) is 16.6. The molecule has 0 aliphatic carbocycles. The number of piperidine rings is 1. The highest BCUT2D eigenvalue weighted by atomic mass is 16.1. The van der Waals surface area contributed by atoms with E-state index in [0.717, 1.165) is 42.0 Å². The number of carbonyl (C=O) groups is 1. The molecular formula is C22H23N5O. The summed E-state index contributed by atoms with van der Waals surface area (Å²) in [5.74, 6) is 0.921. The summed E-state index contributed by atoms with van der Waals surface area (Å²) >= 11 is 0.